The maximum atomic E-state index is 12.4. The topological polar surface area (TPSA) is 76.0 Å². The summed E-state index contributed by atoms with van der Waals surface area (Å²) >= 11 is 3.31. The number of halogens is 1. The van der Waals surface area contributed by atoms with Crippen molar-refractivity contribution >= 4 is 27.7 Å². The van der Waals surface area contributed by atoms with Crippen LogP contribution >= 0.6 is 15.9 Å². The Morgan fingerprint density at radius 1 is 0.923 bits per heavy atom. The number of rotatable bonds is 3. The molecule has 3 aromatic rings. The number of hydrogen-bond acceptors (Lipinski definition) is 3. The fourth-order valence-electron chi connectivity index (χ4n) is 2.47. The number of benzene rings is 2. The van der Waals surface area contributed by atoms with Crippen molar-refractivity contribution in [3.63, 3.8) is 0 Å². The van der Waals surface area contributed by atoms with E-state index in [4.69, 9.17) is 0 Å². The molecule has 0 saturated carbocycles. The van der Waals surface area contributed by atoms with E-state index in [1.54, 1.807) is 29.8 Å². The molecule has 132 valence electrons. The van der Waals surface area contributed by atoms with Gasteiger partial charge in [-0.2, -0.15) is 5.10 Å². The minimum atomic E-state index is -0.429. The molecule has 2 amide bonds. The molecular formula is C19H17BrN4O2. The van der Waals surface area contributed by atoms with Gasteiger partial charge in [-0.3, -0.25) is 20.4 Å². The van der Waals surface area contributed by atoms with Gasteiger partial charge in [-0.05, 0) is 54.0 Å². The number of aromatic nitrogens is 2. The van der Waals surface area contributed by atoms with E-state index in [2.05, 4.69) is 31.9 Å². The van der Waals surface area contributed by atoms with Gasteiger partial charge in [-0.25, -0.2) is 4.68 Å². The maximum Gasteiger partial charge on any atom is 0.273 e. The summed E-state index contributed by atoms with van der Waals surface area (Å²) in [4.78, 5) is 24.6. The van der Waals surface area contributed by atoms with Crippen molar-refractivity contribution in [3.8, 4) is 5.69 Å². The van der Waals surface area contributed by atoms with Gasteiger partial charge in [0.1, 0.15) is 0 Å². The molecule has 1 heterocycles. The van der Waals surface area contributed by atoms with E-state index in [-0.39, 0.29) is 0 Å². The number of hydrazine groups is 1. The van der Waals surface area contributed by atoms with Crippen LogP contribution in [-0.4, -0.2) is 21.6 Å². The summed E-state index contributed by atoms with van der Waals surface area (Å²) in [6.07, 6.45) is 1.48. The summed E-state index contributed by atoms with van der Waals surface area (Å²) in [6.45, 7) is 3.81. The van der Waals surface area contributed by atoms with Crippen molar-refractivity contribution in [2.24, 2.45) is 0 Å². The Labute approximate surface area is 159 Å². The first-order chi connectivity index (χ1) is 12.5. The van der Waals surface area contributed by atoms with Crippen LogP contribution < -0.4 is 10.9 Å². The predicted molar refractivity (Wildman–Crippen MR) is 102 cm³/mol. The number of aryl methyl sites for hydroxylation is 1. The zero-order chi connectivity index (χ0) is 18.7. The number of carbonyl (C=O) groups excluding carboxylic acids is 2. The van der Waals surface area contributed by atoms with Crippen LogP contribution in [0.1, 0.15) is 32.0 Å². The second-order valence-electron chi connectivity index (χ2n) is 5.78. The molecule has 0 aliphatic heterocycles. The Hall–Kier alpha value is -2.93. The van der Waals surface area contributed by atoms with Crippen LogP contribution in [0, 0.1) is 13.8 Å². The van der Waals surface area contributed by atoms with Crippen molar-refractivity contribution in [2.75, 3.05) is 0 Å². The Balaban J connectivity index is 1.72. The summed E-state index contributed by atoms with van der Waals surface area (Å²) < 4.78 is 2.33. The lowest BCUT2D eigenvalue weighted by molar-refractivity contribution is 0.0846. The molecule has 6 nitrogen and oxygen atoms in total. The van der Waals surface area contributed by atoms with Crippen LogP contribution in [0.2, 0.25) is 0 Å². The molecule has 0 aliphatic carbocycles. The van der Waals surface area contributed by atoms with Crippen LogP contribution in [0.3, 0.4) is 0 Å². The first-order valence-electron chi connectivity index (χ1n) is 7.94. The number of nitrogens with zero attached hydrogens (tertiary/aromatic N) is 2. The van der Waals surface area contributed by atoms with Gasteiger partial charge in [0.05, 0.1) is 28.7 Å². The molecule has 0 spiro atoms. The number of nitrogens with one attached hydrogen (secondary N) is 2. The molecule has 2 aromatic carbocycles. The third kappa shape index (κ3) is 3.67. The van der Waals surface area contributed by atoms with Gasteiger partial charge in [-0.15, -0.1) is 0 Å². The summed E-state index contributed by atoms with van der Waals surface area (Å²) in [6, 6.07) is 14.8. The lowest BCUT2D eigenvalue weighted by atomic mass is 10.2. The molecule has 0 radical (unpaired) electrons. The predicted octanol–water partition coefficient (Wildman–Crippen LogP) is 3.33. The Morgan fingerprint density at radius 2 is 1.54 bits per heavy atom. The van der Waals surface area contributed by atoms with Crippen LogP contribution in [-0.2, 0) is 0 Å². The van der Waals surface area contributed by atoms with E-state index in [9.17, 15) is 9.59 Å². The van der Waals surface area contributed by atoms with Crippen LogP contribution in [0.15, 0.2) is 59.2 Å². The largest absolute Gasteiger partial charge is 0.273 e. The summed E-state index contributed by atoms with van der Waals surface area (Å²) in [7, 11) is 0. The van der Waals surface area contributed by atoms with Crippen LogP contribution in [0.5, 0.6) is 0 Å². The Bertz CT molecular complexity index is 964. The fourth-order valence-corrected chi connectivity index (χ4v) is 2.94. The molecule has 0 unspecified atom stereocenters. The second-order valence-corrected chi connectivity index (χ2v) is 6.63. The normalized spacial score (nSPS) is 10.4. The summed E-state index contributed by atoms with van der Waals surface area (Å²) in [5, 5.41) is 4.27. The van der Waals surface area contributed by atoms with Crippen molar-refractivity contribution in [3.05, 3.63) is 81.6 Å². The van der Waals surface area contributed by atoms with Crippen molar-refractivity contribution in [1.82, 2.24) is 20.6 Å². The molecule has 7 heteroatoms. The SMILES string of the molecule is Cc1ccc(-n2ncc(C(=O)NNC(=O)c3ccccc3Br)c2C)cc1. The first-order valence-corrected chi connectivity index (χ1v) is 8.73. The molecule has 1 aromatic heterocycles. The highest BCUT2D eigenvalue weighted by Crippen LogP contribution is 2.16. The fraction of sp³-hybridized carbons (Fsp3) is 0.105. The summed E-state index contributed by atoms with van der Waals surface area (Å²) in [5.74, 6) is -0.837. The van der Waals surface area contributed by atoms with E-state index in [1.165, 1.54) is 6.20 Å². The number of carbonyl (C=O) groups is 2. The average molecular weight is 413 g/mol. The highest BCUT2D eigenvalue weighted by molar-refractivity contribution is 9.10. The summed E-state index contributed by atoms with van der Waals surface area (Å²) in [5.41, 5.74) is 8.35. The molecule has 2 N–H and O–H groups in total. The lowest BCUT2D eigenvalue weighted by Crippen LogP contribution is -2.41. The van der Waals surface area contributed by atoms with E-state index >= 15 is 0 Å². The lowest BCUT2D eigenvalue weighted by Gasteiger charge is -2.09. The van der Waals surface area contributed by atoms with E-state index in [1.807, 2.05) is 37.3 Å². The average Bonchev–Trinajstić information content (AvgIpc) is 3.02. The molecule has 3 rings (SSSR count). The molecule has 0 atom stereocenters. The van der Waals surface area contributed by atoms with Crippen molar-refractivity contribution in [1.29, 1.82) is 0 Å². The molecule has 0 fully saturated rings. The minimum Gasteiger partial charge on any atom is -0.267 e. The Morgan fingerprint density at radius 3 is 2.19 bits per heavy atom. The molecule has 0 bridgehead atoms. The van der Waals surface area contributed by atoms with Gasteiger partial charge in [0.2, 0.25) is 0 Å². The van der Waals surface area contributed by atoms with Gasteiger partial charge in [0.15, 0.2) is 0 Å². The highest BCUT2D eigenvalue weighted by Gasteiger charge is 2.16. The van der Waals surface area contributed by atoms with E-state index in [0.717, 1.165) is 11.3 Å². The van der Waals surface area contributed by atoms with Crippen LogP contribution in [0.4, 0.5) is 0 Å². The van der Waals surface area contributed by atoms with Gasteiger partial charge in [0.25, 0.3) is 11.8 Å². The van der Waals surface area contributed by atoms with E-state index < -0.39 is 11.8 Å². The molecule has 26 heavy (non-hydrogen) atoms. The molecular weight excluding hydrogens is 396 g/mol. The standard InChI is InChI=1S/C19H17BrN4O2/c1-12-7-9-14(10-8-12)24-13(2)16(11-21-24)19(26)23-22-18(25)15-5-3-4-6-17(15)20/h3-11H,1-2H3,(H,22,25)(H,23,26). The van der Waals surface area contributed by atoms with Gasteiger partial charge >= 0.3 is 0 Å². The number of hydrogen-bond donors (Lipinski definition) is 2. The second kappa shape index (κ2) is 7.53. The van der Waals surface area contributed by atoms with Crippen LogP contribution in [0.25, 0.3) is 5.69 Å². The van der Waals surface area contributed by atoms with Gasteiger partial charge in [0, 0.05) is 4.47 Å². The molecule has 0 aliphatic rings. The number of amides is 2. The zero-order valence-corrected chi connectivity index (χ0v) is 15.9. The quantitative estimate of drug-likeness (QED) is 0.647. The monoisotopic (exact) mass is 412 g/mol. The zero-order valence-electron chi connectivity index (χ0n) is 14.3. The molecule has 0 saturated heterocycles. The third-order valence-corrected chi connectivity index (χ3v) is 4.63. The van der Waals surface area contributed by atoms with E-state index in [0.29, 0.717) is 21.3 Å². The maximum absolute atomic E-state index is 12.4. The van der Waals surface area contributed by atoms with Crippen molar-refractivity contribution in [2.45, 2.75) is 13.8 Å². The van der Waals surface area contributed by atoms with Gasteiger partial charge in [-0.1, -0.05) is 29.8 Å². The minimum absolute atomic E-state index is 0.387. The highest BCUT2D eigenvalue weighted by atomic mass is 79.9. The Kier molecular flexibility index (Phi) is 5.18. The first kappa shape index (κ1) is 17.9. The van der Waals surface area contributed by atoms with Gasteiger partial charge < -0.3 is 0 Å². The van der Waals surface area contributed by atoms with Crippen molar-refractivity contribution < 1.29 is 9.59 Å². The smallest absolute Gasteiger partial charge is 0.267 e. The third-order valence-electron chi connectivity index (χ3n) is 3.94.